The molecule has 0 atom stereocenters. The first-order valence-corrected chi connectivity index (χ1v) is 18.2. The molecule has 5 heteroatoms. The van der Waals surface area contributed by atoms with Crippen molar-refractivity contribution in [2.45, 2.75) is 0 Å². The van der Waals surface area contributed by atoms with Gasteiger partial charge in [-0.1, -0.05) is 139 Å². The molecule has 0 N–H and O–H groups in total. The topological polar surface area (TPSA) is 65.0 Å². The van der Waals surface area contributed by atoms with Gasteiger partial charge in [-0.2, -0.15) is 0 Å². The Morgan fingerprint density at radius 3 is 1.66 bits per heavy atom. The standard InChI is InChI=1S/C51H31N3O2/c1-3-10-32(11-4-1)34-18-20-35(21-19-34)49-52-50(39-15-9-14-36(28-39)33-12-5-2-6-13-33)54-51(53-49)40-22-25-42-44-30-38(24-27-47(44)56-48(42)31-40)37-23-26-46-43(29-37)41-16-7-8-17-45(41)55-46/h1-31H/i22D,24D,25D,27D,30D,31D. The van der Waals surface area contributed by atoms with E-state index in [2.05, 4.69) is 0 Å². The van der Waals surface area contributed by atoms with Crippen LogP contribution in [0.25, 0.3) is 111 Å². The molecule has 0 bridgehead atoms. The summed E-state index contributed by atoms with van der Waals surface area (Å²) in [5.74, 6) is 0.600. The number of furan rings is 2. The van der Waals surface area contributed by atoms with E-state index in [9.17, 15) is 5.48 Å². The quantitative estimate of drug-likeness (QED) is 0.171. The smallest absolute Gasteiger partial charge is 0.164 e. The number of para-hydroxylation sites is 1. The zero-order chi connectivity index (χ0) is 42.2. The first-order valence-electron chi connectivity index (χ1n) is 21.2. The molecule has 3 aromatic heterocycles. The number of rotatable bonds is 6. The second kappa shape index (κ2) is 13.0. The van der Waals surface area contributed by atoms with Crippen LogP contribution in [0.15, 0.2) is 197 Å². The Morgan fingerprint density at radius 1 is 0.304 bits per heavy atom. The van der Waals surface area contributed by atoms with E-state index in [1.54, 1.807) is 12.1 Å². The van der Waals surface area contributed by atoms with E-state index in [0.717, 1.165) is 33.0 Å². The molecular weight excluding hydrogens is 687 g/mol. The van der Waals surface area contributed by atoms with Crippen LogP contribution in [0.4, 0.5) is 0 Å². The van der Waals surface area contributed by atoms with Crippen molar-refractivity contribution in [1.29, 1.82) is 0 Å². The zero-order valence-electron chi connectivity index (χ0n) is 35.6. The minimum atomic E-state index is -0.348. The molecule has 262 valence electrons. The largest absolute Gasteiger partial charge is 0.456 e. The van der Waals surface area contributed by atoms with E-state index in [1.165, 1.54) is 0 Å². The number of hydrogen-bond acceptors (Lipinski definition) is 5. The van der Waals surface area contributed by atoms with Gasteiger partial charge in [0.1, 0.15) is 22.3 Å². The molecule has 0 spiro atoms. The molecular formula is C51H31N3O2. The lowest BCUT2D eigenvalue weighted by Gasteiger charge is -2.10. The number of fused-ring (bicyclic) bond motifs is 6. The van der Waals surface area contributed by atoms with Crippen LogP contribution >= 0.6 is 0 Å². The van der Waals surface area contributed by atoms with Crippen molar-refractivity contribution in [1.82, 2.24) is 15.0 Å². The van der Waals surface area contributed by atoms with E-state index < -0.39 is 0 Å². The summed E-state index contributed by atoms with van der Waals surface area (Å²) in [6.07, 6.45) is 0. The number of nitrogens with zero attached hydrogens (tertiary/aromatic N) is 3. The summed E-state index contributed by atoms with van der Waals surface area (Å²) in [5.41, 5.74) is 7.13. The summed E-state index contributed by atoms with van der Waals surface area (Å²) in [6.45, 7) is 0. The maximum atomic E-state index is 9.55. The minimum absolute atomic E-state index is 0.00666. The van der Waals surface area contributed by atoms with E-state index in [0.29, 0.717) is 39.5 Å². The van der Waals surface area contributed by atoms with Crippen molar-refractivity contribution in [3.8, 4) is 67.5 Å². The summed E-state index contributed by atoms with van der Waals surface area (Å²) in [4.78, 5) is 14.6. The highest BCUT2D eigenvalue weighted by molar-refractivity contribution is 6.09. The molecule has 0 fully saturated rings. The molecule has 0 unspecified atom stereocenters. The first-order chi connectivity index (χ1) is 30.2. The molecule has 11 rings (SSSR count). The monoisotopic (exact) mass is 723 g/mol. The van der Waals surface area contributed by atoms with Crippen LogP contribution < -0.4 is 0 Å². The highest BCUT2D eigenvalue weighted by Crippen LogP contribution is 2.37. The van der Waals surface area contributed by atoms with Crippen molar-refractivity contribution in [2.24, 2.45) is 0 Å². The van der Waals surface area contributed by atoms with E-state index >= 15 is 0 Å². The molecule has 5 nitrogen and oxygen atoms in total. The van der Waals surface area contributed by atoms with E-state index in [4.69, 9.17) is 26.5 Å². The van der Waals surface area contributed by atoms with Gasteiger partial charge < -0.3 is 8.83 Å². The van der Waals surface area contributed by atoms with Crippen LogP contribution in [0, 0.1) is 0 Å². The number of hydrogen-bond donors (Lipinski definition) is 0. The third kappa shape index (κ3) is 5.62. The second-order valence-electron chi connectivity index (χ2n) is 13.5. The molecule has 8 aromatic carbocycles. The van der Waals surface area contributed by atoms with Crippen molar-refractivity contribution >= 4 is 43.9 Å². The molecule has 0 aliphatic heterocycles. The van der Waals surface area contributed by atoms with Crippen LogP contribution in [0.3, 0.4) is 0 Å². The van der Waals surface area contributed by atoms with Crippen molar-refractivity contribution in [3.63, 3.8) is 0 Å². The Labute approximate surface area is 330 Å². The maximum Gasteiger partial charge on any atom is 0.164 e. The van der Waals surface area contributed by atoms with Gasteiger partial charge in [0.2, 0.25) is 0 Å². The minimum Gasteiger partial charge on any atom is -0.456 e. The summed E-state index contributed by atoms with van der Waals surface area (Å²) in [7, 11) is 0. The molecule has 0 radical (unpaired) electrons. The second-order valence-corrected chi connectivity index (χ2v) is 13.5. The molecule has 0 saturated heterocycles. The highest BCUT2D eigenvalue weighted by Gasteiger charge is 2.17. The summed E-state index contributed by atoms with van der Waals surface area (Å²) in [5, 5.41) is 1.79. The van der Waals surface area contributed by atoms with Crippen molar-refractivity contribution < 1.29 is 17.1 Å². The number of benzene rings is 8. The molecule has 0 amide bonds. The Morgan fingerprint density at radius 2 is 0.857 bits per heavy atom. The average Bonchev–Trinajstić information content (AvgIpc) is 3.91. The van der Waals surface area contributed by atoms with Gasteiger partial charge in [0.25, 0.3) is 0 Å². The van der Waals surface area contributed by atoms with Gasteiger partial charge in [-0.25, -0.2) is 15.0 Å². The maximum absolute atomic E-state index is 9.55. The van der Waals surface area contributed by atoms with Gasteiger partial charge in [0.15, 0.2) is 17.5 Å². The molecule has 56 heavy (non-hydrogen) atoms. The third-order valence-electron chi connectivity index (χ3n) is 10.0. The Hall–Kier alpha value is -7.63. The van der Waals surface area contributed by atoms with Gasteiger partial charge in [-0.3, -0.25) is 0 Å². The summed E-state index contributed by atoms with van der Waals surface area (Å²) in [6, 6.07) is 46.9. The predicted octanol–water partition coefficient (Wildman–Crippen LogP) is 13.7. The summed E-state index contributed by atoms with van der Waals surface area (Å²) < 4.78 is 68.3. The Bertz CT molecular complexity index is 3590. The Balaban J connectivity index is 1.11. The molecule has 0 saturated carbocycles. The fraction of sp³-hybridized carbons (Fsp3) is 0. The van der Waals surface area contributed by atoms with Gasteiger partial charge in [0, 0.05) is 38.2 Å². The van der Waals surface area contributed by atoms with Crippen LogP contribution in [-0.2, 0) is 0 Å². The van der Waals surface area contributed by atoms with Crippen LogP contribution in [0.1, 0.15) is 8.22 Å². The molecule has 3 heterocycles. The van der Waals surface area contributed by atoms with E-state index in [1.807, 2.05) is 140 Å². The highest BCUT2D eigenvalue weighted by atomic mass is 16.3. The van der Waals surface area contributed by atoms with Gasteiger partial charge in [-0.15, -0.1) is 0 Å². The fourth-order valence-corrected chi connectivity index (χ4v) is 7.19. The lowest BCUT2D eigenvalue weighted by atomic mass is 10.0. The van der Waals surface area contributed by atoms with Gasteiger partial charge in [0.05, 0.1) is 8.22 Å². The lowest BCUT2D eigenvalue weighted by molar-refractivity contribution is 0.668. The lowest BCUT2D eigenvalue weighted by Crippen LogP contribution is -2.00. The average molecular weight is 724 g/mol. The molecule has 11 aromatic rings. The van der Waals surface area contributed by atoms with Crippen LogP contribution in [0.2, 0.25) is 0 Å². The predicted molar refractivity (Wildman–Crippen MR) is 227 cm³/mol. The van der Waals surface area contributed by atoms with Crippen LogP contribution in [0.5, 0.6) is 0 Å². The number of aromatic nitrogens is 3. The molecule has 0 aliphatic carbocycles. The van der Waals surface area contributed by atoms with Crippen molar-refractivity contribution in [3.05, 3.63) is 188 Å². The zero-order valence-corrected chi connectivity index (χ0v) is 29.6. The molecule has 0 aliphatic rings. The first kappa shape index (κ1) is 26.2. The van der Waals surface area contributed by atoms with E-state index in [-0.39, 0.29) is 75.1 Å². The SMILES string of the molecule is [2H]c1c(-c2ccc3oc4ccccc4c3c2)c([2H])c2c(oc3c([2H])c(-c4nc(-c5ccc(-c6ccccc6)cc5)nc(-c5cccc(-c6ccccc6)c5)n4)c([2H])c([2H])c32)c1[2H]. The Kier molecular flexibility index (Phi) is 6.10. The van der Waals surface area contributed by atoms with Gasteiger partial charge in [-0.05, 0) is 81.8 Å². The summed E-state index contributed by atoms with van der Waals surface area (Å²) >= 11 is 0. The normalized spacial score (nSPS) is 13.1. The van der Waals surface area contributed by atoms with Gasteiger partial charge >= 0.3 is 0 Å². The third-order valence-corrected chi connectivity index (χ3v) is 10.0. The van der Waals surface area contributed by atoms with Crippen molar-refractivity contribution in [2.75, 3.05) is 0 Å². The van der Waals surface area contributed by atoms with Crippen LogP contribution in [-0.4, -0.2) is 15.0 Å². The fourth-order valence-electron chi connectivity index (χ4n) is 7.19.